The fourth-order valence-electron chi connectivity index (χ4n) is 11.6. The van der Waals surface area contributed by atoms with Crippen LogP contribution in [0.15, 0.2) is 11.6 Å². The Kier molecular flexibility index (Phi) is 7.14. The van der Waals surface area contributed by atoms with E-state index in [9.17, 15) is 19.2 Å². The molecule has 7 heteroatoms. The predicted octanol–water partition coefficient (Wildman–Crippen LogP) is 6.08. The third-order valence-electron chi connectivity index (χ3n) is 13.5. The number of rotatable bonds is 3. The average molecular weight is 571 g/mol. The summed E-state index contributed by atoms with van der Waals surface area (Å²) in [7, 11) is 2.91. The molecule has 4 saturated carbocycles. The first kappa shape index (κ1) is 30.3. The number of hydrogen-bond acceptors (Lipinski definition) is 7. The monoisotopic (exact) mass is 570 g/mol. The average Bonchev–Trinajstić information content (AvgIpc) is 2.90. The maximum absolute atomic E-state index is 14.6. The molecule has 5 aliphatic rings. The second-order valence-electron chi connectivity index (χ2n) is 15.3. The summed E-state index contributed by atoms with van der Waals surface area (Å²) in [6.07, 6.45) is 7.16. The number of ketones is 1. The maximum Gasteiger partial charge on any atom is 0.316 e. The fraction of sp³-hybridized carbons (Fsp3) is 0.824. The Balaban J connectivity index is 1.70. The number of carbonyl (C=O) groups is 4. The summed E-state index contributed by atoms with van der Waals surface area (Å²) >= 11 is 0. The van der Waals surface area contributed by atoms with Gasteiger partial charge in [0.25, 0.3) is 0 Å². The summed E-state index contributed by atoms with van der Waals surface area (Å²) in [6.45, 7) is 14.6. The highest BCUT2D eigenvalue weighted by Gasteiger charge is 2.75. The van der Waals surface area contributed by atoms with E-state index in [1.165, 1.54) is 21.1 Å². The number of hydrogen-bond donors (Lipinski definition) is 0. The highest BCUT2D eigenvalue weighted by atomic mass is 16.5. The van der Waals surface area contributed by atoms with E-state index in [0.29, 0.717) is 38.0 Å². The third kappa shape index (κ3) is 3.75. The van der Waals surface area contributed by atoms with Gasteiger partial charge in [-0.25, -0.2) is 0 Å². The van der Waals surface area contributed by atoms with E-state index in [2.05, 4.69) is 41.5 Å². The van der Waals surface area contributed by atoms with Crippen LogP contribution in [0.2, 0.25) is 0 Å². The minimum Gasteiger partial charge on any atom is -0.469 e. The number of methoxy groups -OCH3 is 2. The lowest BCUT2D eigenvalue weighted by Gasteiger charge is -2.70. The molecular weight excluding hydrogens is 520 g/mol. The highest BCUT2D eigenvalue weighted by Crippen LogP contribution is 2.75. The van der Waals surface area contributed by atoms with E-state index in [4.69, 9.17) is 14.2 Å². The first-order valence-electron chi connectivity index (χ1n) is 15.7. The molecule has 0 saturated heterocycles. The van der Waals surface area contributed by atoms with Gasteiger partial charge in [-0.1, -0.05) is 41.5 Å². The van der Waals surface area contributed by atoms with E-state index in [1.807, 2.05) is 0 Å². The summed E-state index contributed by atoms with van der Waals surface area (Å²) in [4.78, 5) is 54.5. The van der Waals surface area contributed by atoms with E-state index in [1.54, 1.807) is 6.08 Å². The number of allylic oxidation sites excluding steroid dienone is 1. The molecule has 10 atom stereocenters. The van der Waals surface area contributed by atoms with Crippen molar-refractivity contribution < 1.29 is 33.4 Å². The molecule has 0 bridgehead atoms. The second-order valence-corrected chi connectivity index (χ2v) is 15.3. The Bertz CT molecular complexity index is 1190. The zero-order chi connectivity index (χ0) is 30.3. The zero-order valence-corrected chi connectivity index (χ0v) is 26.6. The van der Waals surface area contributed by atoms with Gasteiger partial charge in [0.15, 0.2) is 5.78 Å². The minimum absolute atomic E-state index is 0.0713. The van der Waals surface area contributed by atoms with Crippen LogP contribution in [-0.2, 0) is 33.4 Å². The first-order chi connectivity index (χ1) is 19.1. The minimum atomic E-state index is -0.987. The summed E-state index contributed by atoms with van der Waals surface area (Å²) in [5.41, 5.74) is -2.27. The van der Waals surface area contributed by atoms with Gasteiger partial charge in [-0.05, 0) is 91.6 Å². The largest absolute Gasteiger partial charge is 0.469 e. The molecule has 228 valence electrons. The van der Waals surface area contributed by atoms with Crippen LogP contribution in [0.4, 0.5) is 0 Å². The topological polar surface area (TPSA) is 96.0 Å². The summed E-state index contributed by atoms with van der Waals surface area (Å²) < 4.78 is 16.9. The molecule has 0 aromatic carbocycles. The first-order valence-corrected chi connectivity index (χ1v) is 15.7. The Morgan fingerprint density at radius 2 is 1.51 bits per heavy atom. The van der Waals surface area contributed by atoms with Gasteiger partial charge in [-0.2, -0.15) is 0 Å². The quantitative estimate of drug-likeness (QED) is 0.300. The molecule has 5 aliphatic carbocycles. The summed E-state index contributed by atoms with van der Waals surface area (Å²) in [6, 6.07) is 0. The van der Waals surface area contributed by atoms with Crippen molar-refractivity contribution in [2.45, 2.75) is 106 Å². The van der Waals surface area contributed by atoms with Crippen LogP contribution < -0.4 is 0 Å². The number of esters is 3. The number of carbonyl (C=O) groups excluding carboxylic acids is 4. The molecule has 41 heavy (non-hydrogen) atoms. The van der Waals surface area contributed by atoms with Crippen LogP contribution in [0, 0.1) is 56.7 Å². The molecule has 7 nitrogen and oxygen atoms in total. The van der Waals surface area contributed by atoms with Gasteiger partial charge < -0.3 is 14.2 Å². The van der Waals surface area contributed by atoms with E-state index >= 15 is 0 Å². The Labute approximate surface area is 245 Å². The molecule has 0 aliphatic heterocycles. The molecule has 0 aromatic heterocycles. The normalized spacial score (nSPS) is 46.5. The predicted molar refractivity (Wildman–Crippen MR) is 153 cm³/mol. The van der Waals surface area contributed by atoms with Crippen molar-refractivity contribution in [1.82, 2.24) is 0 Å². The lowest BCUT2D eigenvalue weighted by atomic mass is 9.32. The van der Waals surface area contributed by atoms with Gasteiger partial charge in [0, 0.05) is 24.2 Å². The standard InChI is InChI=1S/C34H50O7/c1-19-10-15-33(28(37)39-8)16-17-34(29(38)40-9)22(26(33)20(19)2)18-23(36)27-31(6)13-12-25(41-21(3)35)30(4,5)24(31)11-14-32(27,34)7/h18-20,24-27H,10-17H2,1-9H3/t19-,20-,24-,25-,26+,27+,31+,32-,33-,34+/m0/s1. The molecule has 5 rings (SSSR count). The van der Waals surface area contributed by atoms with Crippen molar-refractivity contribution in [3.05, 3.63) is 11.6 Å². The molecule has 0 radical (unpaired) electrons. The van der Waals surface area contributed by atoms with Gasteiger partial charge in [0.05, 0.1) is 25.0 Å². The Morgan fingerprint density at radius 1 is 0.854 bits per heavy atom. The van der Waals surface area contributed by atoms with Crippen LogP contribution in [0.3, 0.4) is 0 Å². The lowest BCUT2D eigenvalue weighted by molar-refractivity contribution is -0.220. The smallest absolute Gasteiger partial charge is 0.316 e. The van der Waals surface area contributed by atoms with Gasteiger partial charge in [0.1, 0.15) is 6.10 Å². The van der Waals surface area contributed by atoms with Crippen LogP contribution in [0.1, 0.15) is 99.8 Å². The molecule has 0 spiro atoms. The van der Waals surface area contributed by atoms with Crippen molar-refractivity contribution >= 4 is 23.7 Å². The van der Waals surface area contributed by atoms with Gasteiger partial charge in [0.2, 0.25) is 0 Å². The van der Waals surface area contributed by atoms with Crippen molar-refractivity contribution in [2.24, 2.45) is 56.7 Å². The van der Waals surface area contributed by atoms with Crippen molar-refractivity contribution in [3.8, 4) is 0 Å². The molecule has 4 fully saturated rings. The fourth-order valence-corrected chi connectivity index (χ4v) is 11.6. The van der Waals surface area contributed by atoms with E-state index in [-0.39, 0.29) is 64.3 Å². The molecule has 0 amide bonds. The molecule has 0 aromatic rings. The van der Waals surface area contributed by atoms with Crippen LogP contribution in [-0.4, -0.2) is 44.0 Å². The van der Waals surface area contributed by atoms with Gasteiger partial charge in [-0.3, -0.25) is 19.2 Å². The lowest BCUT2D eigenvalue weighted by Crippen LogP contribution is -2.70. The summed E-state index contributed by atoms with van der Waals surface area (Å²) in [5.74, 6) is -0.733. The number of ether oxygens (including phenoxy) is 3. The van der Waals surface area contributed by atoms with Crippen LogP contribution >= 0.6 is 0 Å². The van der Waals surface area contributed by atoms with Crippen molar-refractivity contribution in [2.75, 3.05) is 14.2 Å². The highest BCUT2D eigenvalue weighted by molar-refractivity contribution is 6.00. The molecule has 0 heterocycles. The zero-order valence-electron chi connectivity index (χ0n) is 26.6. The van der Waals surface area contributed by atoms with E-state index in [0.717, 1.165) is 24.8 Å². The van der Waals surface area contributed by atoms with Crippen molar-refractivity contribution in [1.29, 1.82) is 0 Å². The third-order valence-corrected chi connectivity index (χ3v) is 13.5. The molecular formula is C34H50O7. The molecule has 0 N–H and O–H groups in total. The van der Waals surface area contributed by atoms with Crippen LogP contribution in [0.25, 0.3) is 0 Å². The van der Waals surface area contributed by atoms with E-state index < -0.39 is 16.2 Å². The van der Waals surface area contributed by atoms with Crippen LogP contribution in [0.5, 0.6) is 0 Å². The van der Waals surface area contributed by atoms with Gasteiger partial charge in [-0.15, -0.1) is 0 Å². The maximum atomic E-state index is 14.6. The van der Waals surface area contributed by atoms with Gasteiger partial charge >= 0.3 is 17.9 Å². The Morgan fingerprint density at radius 3 is 2.12 bits per heavy atom. The summed E-state index contributed by atoms with van der Waals surface area (Å²) in [5, 5.41) is 0. The van der Waals surface area contributed by atoms with Crippen molar-refractivity contribution in [3.63, 3.8) is 0 Å². The second kappa shape index (κ2) is 9.67. The molecule has 0 unspecified atom stereocenters. The SMILES string of the molecule is COC(=O)[C@]12CC[C@H](C)[C@H](C)[C@@H]1C1=CC(=O)[C@@H]3[C@]4(C)CC[C@H](OC(C)=O)C(C)(C)[C@@H]4CC[C@]3(C)[C@]1(C(=O)OC)CC2. The Hall–Kier alpha value is -2.18. The number of fused-ring (bicyclic) bond motifs is 7.